The number of nitrogens with zero attached hydrogens (tertiary/aromatic N) is 1. The summed E-state index contributed by atoms with van der Waals surface area (Å²) in [6.07, 6.45) is 2.82. The lowest BCUT2D eigenvalue weighted by Gasteiger charge is -2.38. The molecule has 0 unspecified atom stereocenters. The monoisotopic (exact) mass is 567 g/mol. The van der Waals surface area contributed by atoms with Gasteiger partial charge in [0.2, 0.25) is 0 Å². The van der Waals surface area contributed by atoms with Gasteiger partial charge in [0.1, 0.15) is 11.5 Å². The number of methoxy groups -OCH3 is 1. The molecule has 1 aliphatic heterocycles. The van der Waals surface area contributed by atoms with Crippen molar-refractivity contribution in [1.29, 1.82) is 0 Å². The minimum atomic E-state index is 0. The summed E-state index contributed by atoms with van der Waals surface area (Å²) < 4.78 is 16.8. The fraction of sp³-hybridized carbons (Fsp3) is 0.500. The quantitative estimate of drug-likeness (QED) is 0.266. The van der Waals surface area contributed by atoms with Crippen LogP contribution in [0.25, 0.3) is 0 Å². The number of hydrogen-bond acceptors (Lipinski definition) is 4. The Labute approximate surface area is 215 Å². The molecule has 1 heterocycles. The zero-order valence-corrected chi connectivity index (χ0v) is 22.6. The summed E-state index contributed by atoms with van der Waals surface area (Å²) in [5.74, 6) is 2.65. The summed E-state index contributed by atoms with van der Waals surface area (Å²) in [6.45, 7) is 7.91. The van der Waals surface area contributed by atoms with Gasteiger partial charge in [-0.3, -0.25) is 4.99 Å². The van der Waals surface area contributed by atoms with Crippen molar-refractivity contribution in [3.63, 3.8) is 0 Å². The van der Waals surface area contributed by atoms with E-state index in [0.29, 0.717) is 6.61 Å². The third-order valence-corrected chi connectivity index (χ3v) is 6.17. The van der Waals surface area contributed by atoms with Crippen molar-refractivity contribution in [3.05, 3.63) is 59.2 Å². The van der Waals surface area contributed by atoms with Crippen molar-refractivity contribution in [2.75, 3.05) is 47.1 Å². The number of nitrogens with one attached hydrogen (secondary N) is 2. The maximum absolute atomic E-state index is 5.68. The van der Waals surface area contributed by atoms with Gasteiger partial charge in [0.15, 0.2) is 5.96 Å². The molecule has 2 aromatic rings. The van der Waals surface area contributed by atoms with Crippen molar-refractivity contribution in [3.8, 4) is 11.5 Å². The van der Waals surface area contributed by atoms with E-state index in [4.69, 9.17) is 14.2 Å². The van der Waals surface area contributed by atoms with Crippen LogP contribution < -0.4 is 20.1 Å². The average molecular weight is 568 g/mol. The molecule has 0 bridgehead atoms. The van der Waals surface area contributed by atoms with E-state index in [1.54, 1.807) is 7.11 Å². The first kappa shape index (κ1) is 27.2. The zero-order chi connectivity index (χ0) is 22.8. The maximum atomic E-state index is 5.68. The smallest absolute Gasteiger partial charge is 0.191 e. The van der Waals surface area contributed by atoms with E-state index in [0.717, 1.165) is 63.0 Å². The summed E-state index contributed by atoms with van der Waals surface area (Å²) >= 11 is 0. The predicted molar refractivity (Wildman–Crippen MR) is 146 cm³/mol. The molecule has 2 aromatic carbocycles. The molecule has 0 radical (unpaired) electrons. The number of guanidine groups is 1. The lowest BCUT2D eigenvalue weighted by Crippen LogP contribution is -2.48. The zero-order valence-electron chi connectivity index (χ0n) is 20.3. The van der Waals surface area contributed by atoms with Gasteiger partial charge in [0.25, 0.3) is 0 Å². The molecule has 0 atom stereocenters. The number of benzene rings is 2. The average Bonchev–Trinajstić information content (AvgIpc) is 2.82. The van der Waals surface area contributed by atoms with E-state index in [1.807, 2.05) is 20.0 Å². The van der Waals surface area contributed by atoms with E-state index in [-0.39, 0.29) is 29.4 Å². The topological polar surface area (TPSA) is 64.1 Å². The number of ether oxygens (including phenoxy) is 3. The fourth-order valence-corrected chi connectivity index (χ4v) is 4.29. The normalized spacial score (nSPS) is 15.3. The van der Waals surface area contributed by atoms with Crippen LogP contribution in [0, 0.1) is 6.92 Å². The van der Waals surface area contributed by atoms with Gasteiger partial charge >= 0.3 is 0 Å². The predicted octanol–water partition coefficient (Wildman–Crippen LogP) is 4.48. The highest BCUT2D eigenvalue weighted by Crippen LogP contribution is 2.35. The van der Waals surface area contributed by atoms with E-state index >= 15 is 0 Å². The van der Waals surface area contributed by atoms with E-state index in [9.17, 15) is 0 Å². The van der Waals surface area contributed by atoms with Crippen LogP contribution >= 0.6 is 24.0 Å². The second-order valence-corrected chi connectivity index (χ2v) is 8.27. The van der Waals surface area contributed by atoms with Gasteiger partial charge in [-0.25, -0.2) is 0 Å². The molecule has 0 spiro atoms. The molecule has 1 saturated heterocycles. The maximum Gasteiger partial charge on any atom is 0.191 e. The Hall–Kier alpha value is -2.00. The molecule has 2 N–H and O–H groups in total. The molecule has 182 valence electrons. The second kappa shape index (κ2) is 13.6. The van der Waals surface area contributed by atoms with Crippen LogP contribution in [0.15, 0.2) is 47.5 Å². The molecule has 6 nitrogen and oxygen atoms in total. The number of hydrogen-bond donors (Lipinski definition) is 2. The molecular weight excluding hydrogens is 529 g/mol. The molecule has 0 saturated carbocycles. The third-order valence-electron chi connectivity index (χ3n) is 6.17. The molecular formula is C26H38IN3O3. The van der Waals surface area contributed by atoms with Crippen molar-refractivity contribution in [2.24, 2.45) is 4.99 Å². The second-order valence-electron chi connectivity index (χ2n) is 8.27. The van der Waals surface area contributed by atoms with E-state index in [2.05, 4.69) is 58.9 Å². The Bertz CT molecular complexity index is 881. The van der Waals surface area contributed by atoms with Crippen LogP contribution in [0.4, 0.5) is 0 Å². The number of aliphatic imine (C=N–C) groups is 1. The van der Waals surface area contributed by atoms with Crippen LogP contribution in [-0.2, 0) is 16.6 Å². The van der Waals surface area contributed by atoms with Crippen LogP contribution in [0.5, 0.6) is 11.5 Å². The molecule has 0 amide bonds. The Balaban J connectivity index is 0.00000385. The highest BCUT2D eigenvalue weighted by atomic mass is 127. The summed E-state index contributed by atoms with van der Waals surface area (Å²) in [5, 5.41) is 7.02. The van der Waals surface area contributed by atoms with Crippen LogP contribution in [-0.4, -0.2) is 53.0 Å². The summed E-state index contributed by atoms with van der Waals surface area (Å²) in [4.78, 5) is 4.44. The standard InChI is InChI=1S/C26H37N3O3.HI/c1-5-32-23-9-7-22(8-10-23)26(13-16-31-17-14-26)19-29-25(27-3)28-15-12-21-18-20(2)6-11-24(21)30-4;/h6-11,18H,5,12-17,19H2,1-4H3,(H2,27,28,29);1H. The molecule has 1 fully saturated rings. The van der Waals surface area contributed by atoms with Crippen LogP contribution in [0.2, 0.25) is 0 Å². The first-order chi connectivity index (χ1) is 15.6. The molecule has 33 heavy (non-hydrogen) atoms. The Morgan fingerprint density at radius 2 is 1.82 bits per heavy atom. The lowest BCUT2D eigenvalue weighted by molar-refractivity contribution is 0.0513. The Morgan fingerprint density at radius 1 is 1.09 bits per heavy atom. The van der Waals surface area contributed by atoms with Gasteiger partial charge in [-0.1, -0.05) is 29.8 Å². The Kier molecular flexibility index (Phi) is 11.3. The highest BCUT2D eigenvalue weighted by Gasteiger charge is 2.34. The van der Waals surface area contributed by atoms with Gasteiger partial charge in [-0.15, -0.1) is 24.0 Å². The summed E-state index contributed by atoms with van der Waals surface area (Å²) in [7, 11) is 3.53. The van der Waals surface area contributed by atoms with Crippen molar-refractivity contribution in [1.82, 2.24) is 10.6 Å². The minimum Gasteiger partial charge on any atom is -0.496 e. The van der Waals surface area contributed by atoms with E-state index in [1.165, 1.54) is 16.7 Å². The summed E-state index contributed by atoms with van der Waals surface area (Å²) in [5.41, 5.74) is 3.77. The molecule has 7 heteroatoms. The fourth-order valence-electron chi connectivity index (χ4n) is 4.29. The Morgan fingerprint density at radius 3 is 2.45 bits per heavy atom. The van der Waals surface area contributed by atoms with Gasteiger partial charge in [-0.05, 0) is 62.4 Å². The van der Waals surface area contributed by atoms with Gasteiger partial charge in [0, 0.05) is 38.8 Å². The first-order valence-electron chi connectivity index (χ1n) is 11.5. The van der Waals surface area contributed by atoms with Crippen molar-refractivity contribution < 1.29 is 14.2 Å². The number of rotatable bonds is 9. The van der Waals surface area contributed by atoms with Crippen LogP contribution in [0.1, 0.15) is 36.5 Å². The van der Waals surface area contributed by atoms with Crippen molar-refractivity contribution >= 4 is 29.9 Å². The molecule has 0 aromatic heterocycles. The molecule has 1 aliphatic rings. The molecule has 0 aliphatic carbocycles. The SMILES string of the molecule is CCOc1ccc(C2(CNC(=NC)NCCc3cc(C)ccc3OC)CCOCC2)cc1.I. The third kappa shape index (κ3) is 7.50. The largest absolute Gasteiger partial charge is 0.496 e. The van der Waals surface area contributed by atoms with Gasteiger partial charge < -0.3 is 24.8 Å². The minimum absolute atomic E-state index is 0. The van der Waals surface area contributed by atoms with Crippen molar-refractivity contribution in [2.45, 2.75) is 38.5 Å². The van der Waals surface area contributed by atoms with Crippen LogP contribution in [0.3, 0.4) is 0 Å². The first-order valence-corrected chi connectivity index (χ1v) is 11.5. The van der Waals surface area contributed by atoms with Gasteiger partial charge in [-0.2, -0.15) is 0 Å². The summed E-state index contributed by atoms with van der Waals surface area (Å²) in [6, 6.07) is 14.8. The highest BCUT2D eigenvalue weighted by molar-refractivity contribution is 14.0. The van der Waals surface area contributed by atoms with E-state index < -0.39 is 0 Å². The number of halogens is 1. The van der Waals surface area contributed by atoms with Gasteiger partial charge in [0.05, 0.1) is 13.7 Å². The molecule has 3 rings (SSSR count). The number of aryl methyl sites for hydroxylation is 1. The lowest BCUT2D eigenvalue weighted by atomic mass is 9.74.